The van der Waals surface area contributed by atoms with E-state index in [1.807, 2.05) is 0 Å². The van der Waals surface area contributed by atoms with Gasteiger partial charge in [0, 0.05) is 0 Å². The van der Waals surface area contributed by atoms with Gasteiger partial charge in [0.15, 0.2) is 0 Å². The molecule has 0 aromatic heterocycles. The summed E-state index contributed by atoms with van der Waals surface area (Å²) in [5, 5.41) is 0.0769. The van der Waals surface area contributed by atoms with Crippen molar-refractivity contribution in [1.82, 2.24) is 0 Å². The summed E-state index contributed by atoms with van der Waals surface area (Å²) in [6.07, 6.45) is 0. The molecule has 4 nitrogen and oxygen atoms in total. The van der Waals surface area contributed by atoms with E-state index in [1.54, 1.807) is 44.2 Å². The Bertz CT molecular complexity index is 598. The van der Waals surface area contributed by atoms with Gasteiger partial charge < -0.3 is 9.47 Å². The Morgan fingerprint density at radius 3 is 1.71 bits per heavy atom. The van der Waals surface area contributed by atoms with E-state index in [4.69, 9.17) is 21.1 Å². The summed E-state index contributed by atoms with van der Waals surface area (Å²) < 4.78 is 10.1. The molecule has 2 aliphatic rings. The molecule has 0 radical (unpaired) electrons. The first-order chi connectivity index (χ1) is 10.1. The van der Waals surface area contributed by atoms with Gasteiger partial charge in [-0.1, -0.05) is 41.9 Å². The number of hydrogen-bond donors (Lipinski definition) is 0. The number of carbonyl (C=O) groups is 2. The van der Waals surface area contributed by atoms with E-state index in [9.17, 15) is 9.59 Å². The lowest BCUT2D eigenvalue weighted by Gasteiger charge is -2.02. The molecule has 0 spiro atoms. The normalized spacial score (nSPS) is 10.4. The van der Waals surface area contributed by atoms with Crippen LogP contribution in [0.4, 0.5) is 0 Å². The molecule has 0 aliphatic heterocycles. The van der Waals surface area contributed by atoms with Crippen molar-refractivity contribution in [3.63, 3.8) is 0 Å². The predicted octanol–water partition coefficient (Wildman–Crippen LogP) is 3.80. The van der Waals surface area contributed by atoms with Crippen LogP contribution in [0.5, 0.6) is 0 Å². The Balaban J connectivity index is 2.68. The molecular weight excluding hydrogens is 292 g/mol. The van der Waals surface area contributed by atoms with Crippen molar-refractivity contribution in [2.45, 2.75) is 13.8 Å². The first-order valence-corrected chi connectivity index (χ1v) is 7.04. The molecule has 0 fully saturated rings. The van der Waals surface area contributed by atoms with Crippen LogP contribution in [0, 0.1) is 0 Å². The second-order valence-corrected chi connectivity index (χ2v) is 4.62. The molecule has 0 bridgehead atoms. The zero-order chi connectivity index (χ0) is 15.4. The molecule has 0 unspecified atom stereocenters. The highest BCUT2D eigenvalue weighted by atomic mass is 35.5. The van der Waals surface area contributed by atoms with Crippen molar-refractivity contribution in [2.75, 3.05) is 13.2 Å². The minimum atomic E-state index is -0.547. The molecule has 2 rings (SSSR count). The molecule has 0 saturated carbocycles. The summed E-state index contributed by atoms with van der Waals surface area (Å²) in [6.45, 7) is 3.89. The summed E-state index contributed by atoms with van der Waals surface area (Å²) >= 11 is 6.25. The van der Waals surface area contributed by atoms with Crippen LogP contribution in [0.1, 0.15) is 34.6 Å². The molecule has 0 atom stereocenters. The van der Waals surface area contributed by atoms with Crippen LogP contribution in [-0.2, 0) is 9.47 Å². The average molecular weight is 307 g/mol. The Morgan fingerprint density at radius 1 is 0.905 bits per heavy atom. The van der Waals surface area contributed by atoms with Crippen molar-refractivity contribution in [3.05, 3.63) is 46.5 Å². The van der Waals surface area contributed by atoms with Crippen molar-refractivity contribution in [2.24, 2.45) is 0 Å². The summed E-state index contributed by atoms with van der Waals surface area (Å²) in [4.78, 5) is 24.2. The highest BCUT2D eigenvalue weighted by Crippen LogP contribution is 2.40. The maximum atomic E-state index is 12.1. The Hall–Kier alpha value is -2.07. The lowest BCUT2D eigenvalue weighted by Crippen LogP contribution is -2.06. The average Bonchev–Trinajstić information content (AvgIpc) is 2.59. The second-order valence-electron chi connectivity index (χ2n) is 4.24. The van der Waals surface area contributed by atoms with Crippen molar-refractivity contribution < 1.29 is 19.1 Å². The van der Waals surface area contributed by atoms with Gasteiger partial charge in [-0.2, -0.15) is 0 Å². The zero-order valence-corrected chi connectivity index (χ0v) is 12.6. The summed E-state index contributed by atoms with van der Waals surface area (Å²) in [6, 6.07) is 8.82. The van der Waals surface area contributed by atoms with E-state index in [-0.39, 0.29) is 29.4 Å². The Kier molecular flexibility index (Phi) is 4.81. The third kappa shape index (κ3) is 2.85. The number of esters is 2. The molecule has 0 N–H and O–H groups in total. The number of ether oxygens (including phenoxy) is 2. The third-order valence-corrected chi connectivity index (χ3v) is 3.35. The molecule has 0 aromatic carbocycles. The zero-order valence-electron chi connectivity index (χ0n) is 11.8. The van der Waals surface area contributed by atoms with Gasteiger partial charge in [-0.3, -0.25) is 0 Å². The standard InChI is InChI=1S/C16H15ClO4/c1-3-20-15(18)12-10-8-6-5-7-9-11(10)13(14(12)17)16(19)21-4-2/h5-9H,3-4H2,1-2H3. The molecule has 21 heavy (non-hydrogen) atoms. The minimum absolute atomic E-state index is 0.0769. The van der Waals surface area contributed by atoms with Crippen molar-refractivity contribution >= 4 is 23.5 Å². The van der Waals surface area contributed by atoms with Gasteiger partial charge >= 0.3 is 11.9 Å². The fraction of sp³-hybridized carbons (Fsp3) is 0.250. The van der Waals surface area contributed by atoms with Gasteiger partial charge in [0.1, 0.15) is 0 Å². The van der Waals surface area contributed by atoms with Gasteiger partial charge in [-0.05, 0) is 25.0 Å². The van der Waals surface area contributed by atoms with Crippen LogP contribution >= 0.6 is 11.6 Å². The molecule has 5 heteroatoms. The molecule has 0 aromatic rings. The molecular formula is C16H15ClO4. The number of rotatable bonds is 4. The highest BCUT2D eigenvalue weighted by molar-refractivity contribution is 6.39. The highest BCUT2D eigenvalue weighted by Gasteiger charge is 2.30. The second kappa shape index (κ2) is 6.59. The van der Waals surface area contributed by atoms with Gasteiger partial charge in [-0.15, -0.1) is 0 Å². The summed E-state index contributed by atoms with van der Waals surface area (Å²) in [5.74, 6) is -1.09. The fourth-order valence-electron chi connectivity index (χ4n) is 2.15. The van der Waals surface area contributed by atoms with Crippen LogP contribution in [-0.4, -0.2) is 25.2 Å². The first-order valence-electron chi connectivity index (χ1n) is 6.66. The van der Waals surface area contributed by atoms with Crippen molar-refractivity contribution in [3.8, 4) is 11.1 Å². The van der Waals surface area contributed by atoms with Gasteiger partial charge in [0.25, 0.3) is 0 Å². The maximum absolute atomic E-state index is 12.1. The monoisotopic (exact) mass is 306 g/mol. The van der Waals surface area contributed by atoms with E-state index < -0.39 is 11.9 Å². The number of carbonyl (C=O) groups excluding carboxylic acids is 2. The fourth-order valence-corrected chi connectivity index (χ4v) is 2.51. The van der Waals surface area contributed by atoms with E-state index in [0.717, 1.165) is 0 Å². The van der Waals surface area contributed by atoms with E-state index in [0.29, 0.717) is 11.1 Å². The van der Waals surface area contributed by atoms with Crippen LogP contribution < -0.4 is 0 Å². The number of halogens is 1. The molecule has 2 aliphatic carbocycles. The van der Waals surface area contributed by atoms with E-state index in [2.05, 4.69) is 0 Å². The van der Waals surface area contributed by atoms with Crippen LogP contribution in [0.15, 0.2) is 30.3 Å². The van der Waals surface area contributed by atoms with Gasteiger partial charge in [0.2, 0.25) is 0 Å². The Labute approximate surface area is 128 Å². The van der Waals surface area contributed by atoms with Crippen molar-refractivity contribution in [1.29, 1.82) is 0 Å². The molecule has 0 saturated heterocycles. The smallest absolute Gasteiger partial charge is 0.340 e. The quantitative estimate of drug-likeness (QED) is 0.806. The first kappa shape index (κ1) is 15.3. The van der Waals surface area contributed by atoms with Crippen LogP contribution in [0.3, 0.4) is 0 Å². The number of fused-ring (bicyclic) bond motifs is 1. The largest absolute Gasteiger partial charge is 0.462 e. The van der Waals surface area contributed by atoms with Gasteiger partial charge in [-0.25, -0.2) is 9.59 Å². The molecule has 110 valence electrons. The van der Waals surface area contributed by atoms with E-state index in [1.165, 1.54) is 0 Å². The number of hydrogen-bond acceptors (Lipinski definition) is 4. The SMILES string of the molecule is CCOC(=O)c1c2cccccc-2c(C(=O)OCC)c1Cl. The predicted molar refractivity (Wildman–Crippen MR) is 80.0 cm³/mol. The topological polar surface area (TPSA) is 52.6 Å². The summed E-state index contributed by atoms with van der Waals surface area (Å²) in [7, 11) is 0. The lowest BCUT2D eigenvalue weighted by molar-refractivity contribution is 0.0525. The molecule has 0 amide bonds. The summed E-state index contributed by atoms with van der Waals surface area (Å²) in [5.41, 5.74) is 1.55. The van der Waals surface area contributed by atoms with Crippen LogP contribution in [0.25, 0.3) is 11.1 Å². The maximum Gasteiger partial charge on any atom is 0.340 e. The lowest BCUT2D eigenvalue weighted by atomic mass is 10.1. The minimum Gasteiger partial charge on any atom is -0.462 e. The van der Waals surface area contributed by atoms with Crippen LogP contribution in [0.2, 0.25) is 5.02 Å². The Morgan fingerprint density at radius 2 is 1.33 bits per heavy atom. The van der Waals surface area contributed by atoms with E-state index >= 15 is 0 Å². The molecule has 0 heterocycles. The third-order valence-electron chi connectivity index (χ3n) is 2.97. The van der Waals surface area contributed by atoms with Gasteiger partial charge in [0.05, 0.1) is 29.4 Å².